The van der Waals surface area contributed by atoms with Crippen LogP contribution in [0.25, 0.3) is 0 Å². The third-order valence-electron chi connectivity index (χ3n) is 4.74. The zero-order valence-electron chi connectivity index (χ0n) is 17.9. The number of ether oxygens (including phenoxy) is 4. The Morgan fingerprint density at radius 1 is 1.06 bits per heavy atom. The molecule has 0 unspecified atom stereocenters. The van der Waals surface area contributed by atoms with E-state index in [2.05, 4.69) is 21.4 Å². The number of rotatable bonds is 9. The van der Waals surface area contributed by atoms with Crippen LogP contribution in [0, 0.1) is 5.41 Å². The highest BCUT2D eigenvalue weighted by Gasteiger charge is 2.16. The summed E-state index contributed by atoms with van der Waals surface area (Å²) in [6.45, 7) is 3.02. The number of nitrogens with one attached hydrogen (secondary N) is 4. The van der Waals surface area contributed by atoms with Gasteiger partial charge < -0.3 is 35.0 Å². The maximum absolute atomic E-state index is 7.95. The molecule has 0 aliphatic carbocycles. The number of hydrogen-bond donors (Lipinski definition) is 5. The van der Waals surface area contributed by atoms with Crippen molar-refractivity contribution in [3.8, 4) is 17.2 Å². The van der Waals surface area contributed by atoms with Crippen LogP contribution < -0.4 is 46.3 Å². The minimum Gasteiger partial charge on any atom is -0.493 e. The summed E-state index contributed by atoms with van der Waals surface area (Å²) < 4.78 is 21.5. The van der Waals surface area contributed by atoms with Crippen molar-refractivity contribution in [2.24, 2.45) is 5.73 Å². The lowest BCUT2D eigenvalue weighted by Gasteiger charge is -2.30. The number of anilines is 3. The maximum atomic E-state index is 7.95. The maximum Gasteiger partial charge on any atom is 0.209 e. The highest BCUT2D eigenvalue weighted by Crippen LogP contribution is 2.39. The molecule has 1 aliphatic rings. The summed E-state index contributed by atoms with van der Waals surface area (Å²) >= 11 is 0. The van der Waals surface area contributed by atoms with E-state index in [-0.39, 0.29) is 5.96 Å². The second kappa shape index (κ2) is 10.6. The number of hydrogen-bond acceptors (Lipinski definition) is 9. The molecule has 0 atom stereocenters. The van der Waals surface area contributed by atoms with Crippen LogP contribution in [-0.2, 0) is 4.74 Å². The second-order valence-corrected chi connectivity index (χ2v) is 6.62. The van der Waals surface area contributed by atoms with Crippen LogP contribution in [0.2, 0.25) is 0 Å². The smallest absolute Gasteiger partial charge is 0.209 e. The van der Waals surface area contributed by atoms with Gasteiger partial charge in [0, 0.05) is 30.9 Å². The van der Waals surface area contributed by atoms with Gasteiger partial charge in [0.1, 0.15) is 0 Å². The van der Waals surface area contributed by atoms with E-state index in [0.717, 1.165) is 18.8 Å². The topological polar surface area (TPSA) is 129 Å². The minimum absolute atomic E-state index is 0.182. The molecule has 1 fully saturated rings. The van der Waals surface area contributed by atoms with Crippen molar-refractivity contribution in [2.45, 2.75) is 0 Å². The predicted molar refractivity (Wildman–Crippen MR) is 120 cm³/mol. The van der Waals surface area contributed by atoms with E-state index >= 15 is 0 Å². The minimum atomic E-state index is -0.182. The van der Waals surface area contributed by atoms with E-state index in [4.69, 9.17) is 30.1 Å². The van der Waals surface area contributed by atoms with Crippen LogP contribution in [-0.4, -0.2) is 53.6 Å². The molecular weight excluding hydrogens is 402 g/mol. The molecule has 1 saturated heterocycles. The number of morpholine rings is 1. The molecule has 0 aromatic heterocycles. The SMILES string of the molecule is COc1cc(NNNN(C(=N)N)c2cccc(N3CCOCC3)c2)cc(OC)c1OC. The largest absolute Gasteiger partial charge is 0.493 e. The Hall–Kier alpha value is -3.41. The Balaban J connectivity index is 1.70. The lowest BCUT2D eigenvalue weighted by molar-refractivity contribution is 0.122. The summed E-state index contributed by atoms with van der Waals surface area (Å²) in [6.07, 6.45) is 0. The molecule has 0 spiro atoms. The first-order valence-corrected chi connectivity index (χ1v) is 9.71. The molecule has 2 aromatic rings. The van der Waals surface area contributed by atoms with Gasteiger partial charge in [-0.15, -0.1) is 5.53 Å². The molecule has 0 radical (unpaired) electrons. The first kappa shape index (κ1) is 22.3. The quantitative estimate of drug-likeness (QED) is 0.225. The monoisotopic (exact) mass is 431 g/mol. The molecule has 3 rings (SSSR count). The van der Waals surface area contributed by atoms with Crippen LogP contribution in [0.5, 0.6) is 17.2 Å². The second-order valence-electron chi connectivity index (χ2n) is 6.62. The van der Waals surface area contributed by atoms with Gasteiger partial charge in [0.2, 0.25) is 11.7 Å². The van der Waals surface area contributed by atoms with Crippen LogP contribution in [0.15, 0.2) is 36.4 Å². The van der Waals surface area contributed by atoms with Crippen molar-refractivity contribution in [3.05, 3.63) is 36.4 Å². The van der Waals surface area contributed by atoms with Crippen LogP contribution in [0.3, 0.4) is 0 Å². The zero-order valence-corrected chi connectivity index (χ0v) is 17.9. The zero-order chi connectivity index (χ0) is 22.2. The number of benzene rings is 2. The summed E-state index contributed by atoms with van der Waals surface area (Å²) in [5.74, 6) is 1.33. The Morgan fingerprint density at radius 3 is 2.32 bits per heavy atom. The molecule has 31 heavy (non-hydrogen) atoms. The van der Waals surface area contributed by atoms with E-state index in [9.17, 15) is 0 Å². The van der Waals surface area contributed by atoms with Gasteiger partial charge >= 0.3 is 0 Å². The normalized spacial score (nSPS) is 13.5. The average Bonchev–Trinajstić information content (AvgIpc) is 2.81. The fourth-order valence-corrected chi connectivity index (χ4v) is 3.22. The first-order chi connectivity index (χ1) is 15.1. The number of hydrazine groups is 3. The van der Waals surface area contributed by atoms with Crippen molar-refractivity contribution in [1.82, 2.24) is 11.1 Å². The van der Waals surface area contributed by atoms with Gasteiger partial charge in [-0.2, -0.15) is 5.53 Å². The molecule has 0 saturated carbocycles. The van der Waals surface area contributed by atoms with E-state index in [1.807, 2.05) is 24.3 Å². The molecular formula is C20H29N7O4. The summed E-state index contributed by atoms with van der Waals surface area (Å²) in [4.78, 5) is 2.23. The van der Waals surface area contributed by atoms with Crippen molar-refractivity contribution < 1.29 is 18.9 Å². The molecule has 168 valence electrons. The number of nitrogens with two attached hydrogens (primary N) is 1. The summed E-state index contributed by atoms with van der Waals surface area (Å²) in [5.41, 5.74) is 16.9. The van der Waals surface area contributed by atoms with Gasteiger partial charge in [-0.05, 0) is 18.2 Å². The third-order valence-corrected chi connectivity index (χ3v) is 4.74. The fraction of sp³-hybridized carbons (Fsp3) is 0.350. The number of guanidine groups is 1. The lowest BCUT2D eigenvalue weighted by atomic mass is 10.2. The summed E-state index contributed by atoms with van der Waals surface area (Å²) in [5, 5.41) is 9.36. The van der Waals surface area contributed by atoms with Gasteiger partial charge in [-0.1, -0.05) is 6.07 Å². The molecule has 2 aromatic carbocycles. The Kier molecular flexibility index (Phi) is 7.60. The number of nitrogens with zero attached hydrogens (tertiary/aromatic N) is 2. The summed E-state index contributed by atoms with van der Waals surface area (Å²) in [7, 11) is 4.64. The fourth-order valence-electron chi connectivity index (χ4n) is 3.22. The van der Waals surface area contributed by atoms with E-state index < -0.39 is 0 Å². The van der Waals surface area contributed by atoms with Crippen LogP contribution in [0.4, 0.5) is 17.1 Å². The van der Waals surface area contributed by atoms with Gasteiger partial charge in [-0.3, -0.25) is 5.41 Å². The van der Waals surface area contributed by atoms with Crippen molar-refractivity contribution >= 4 is 23.0 Å². The number of methoxy groups -OCH3 is 3. The third kappa shape index (κ3) is 5.40. The standard InChI is InChI=1S/C20H29N7O4/c1-28-17-11-14(12-18(29-2)19(17)30-3)23-24-25-27(20(21)22)16-6-4-5-15(13-16)26-7-9-31-10-8-26/h4-6,11-13,23-25H,7-10H2,1-3H3,(H3,21,22). The van der Waals surface area contributed by atoms with Gasteiger partial charge in [-0.25, -0.2) is 5.01 Å². The van der Waals surface area contributed by atoms with E-state index in [0.29, 0.717) is 41.8 Å². The molecule has 11 heteroatoms. The van der Waals surface area contributed by atoms with Crippen molar-refractivity contribution in [1.29, 1.82) is 5.41 Å². The Labute approximate surface area is 181 Å². The van der Waals surface area contributed by atoms with Gasteiger partial charge in [0.15, 0.2) is 11.5 Å². The van der Waals surface area contributed by atoms with Crippen LogP contribution in [0.1, 0.15) is 0 Å². The van der Waals surface area contributed by atoms with Crippen LogP contribution >= 0.6 is 0 Å². The molecule has 0 bridgehead atoms. The first-order valence-electron chi connectivity index (χ1n) is 9.71. The highest BCUT2D eigenvalue weighted by molar-refractivity contribution is 5.92. The molecule has 1 heterocycles. The van der Waals surface area contributed by atoms with Gasteiger partial charge in [0.05, 0.1) is 45.9 Å². The highest BCUT2D eigenvalue weighted by atomic mass is 16.5. The predicted octanol–water partition coefficient (Wildman–Crippen LogP) is 1.29. The lowest BCUT2D eigenvalue weighted by Crippen LogP contribution is -2.54. The van der Waals surface area contributed by atoms with Gasteiger partial charge in [0.25, 0.3) is 0 Å². The molecule has 1 aliphatic heterocycles. The van der Waals surface area contributed by atoms with Crippen molar-refractivity contribution in [3.63, 3.8) is 0 Å². The van der Waals surface area contributed by atoms with E-state index in [1.54, 1.807) is 33.5 Å². The average molecular weight is 431 g/mol. The van der Waals surface area contributed by atoms with Crippen molar-refractivity contribution in [2.75, 3.05) is 63.0 Å². The van der Waals surface area contributed by atoms with E-state index in [1.165, 1.54) is 5.01 Å². The molecule has 6 N–H and O–H groups in total. The summed E-state index contributed by atoms with van der Waals surface area (Å²) in [6, 6.07) is 11.2. The molecule has 0 amide bonds. The Bertz CT molecular complexity index is 865. The molecule has 11 nitrogen and oxygen atoms in total. The Morgan fingerprint density at radius 2 is 1.74 bits per heavy atom.